The van der Waals surface area contributed by atoms with Crippen LogP contribution in [0.1, 0.15) is 23.6 Å². The average Bonchev–Trinajstić information content (AvgIpc) is 2.52. The molecule has 1 amide bonds. The summed E-state index contributed by atoms with van der Waals surface area (Å²) < 4.78 is 5.75. The highest BCUT2D eigenvalue weighted by Gasteiger charge is 2.14. The van der Waals surface area contributed by atoms with Gasteiger partial charge in [-0.15, -0.1) is 11.8 Å². The molecule has 0 radical (unpaired) electrons. The molecule has 0 saturated carbocycles. The molecule has 0 saturated heterocycles. The Morgan fingerprint density at radius 1 is 1.04 bits per heavy atom. The third-order valence-electron chi connectivity index (χ3n) is 3.57. The lowest BCUT2D eigenvalue weighted by Gasteiger charge is -2.15. The molecular weight excluding hydrogens is 318 g/mol. The second-order valence-electron chi connectivity index (χ2n) is 6.04. The van der Waals surface area contributed by atoms with Gasteiger partial charge >= 0.3 is 0 Å². The summed E-state index contributed by atoms with van der Waals surface area (Å²) in [6.45, 7) is 8.52. The van der Waals surface area contributed by atoms with E-state index in [2.05, 4.69) is 42.6 Å². The third-order valence-corrected chi connectivity index (χ3v) is 4.58. The van der Waals surface area contributed by atoms with Crippen molar-refractivity contribution in [3.8, 4) is 5.75 Å². The first-order valence-electron chi connectivity index (χ1n) is 8.16. The van der Waals surface area contributed by atoms with Gasteiger partial charge in [0.25, 0.3) is 5.91 Å². The van der Waals surface area contributed by atoms with Crippen LogP contribution in [-0.2, 0) is 4.79 Å². The summed E-state index contributed by atoms with van der Waals surface area (Å²) in [5.74, 6) is 1.49. The number of carbonyl (C=O) groups is 1. The molecule has 4 heteroatoms. The average molecular weight is 343 g/mol. The van der Waals surface area contributed by atoms with Gasteiger partial charge in [-0.05, 0) is 63.1 Å². The van der Waals surface area contributed by atoms with Crippen molar-refractivity contribution in [3.05, 3.63) is 59.2 Å². The molecule has 24 heavy (non-hydrogen) atoms. The monoisotopic (exact) mass is 343 g/mol. The maximum Gasteiger partial charge on any atom is 0.260 e. The number of carbonyl (C=O) groups excluding carboxylic acids is 1. The molecule has 1 atom stereocenters. The number of nitrogens with one attached hydrogen (secondary N) is 1. The maximum atomic E-state index is 12.1. The summed E-state index contributed by atoms with van der Waals surface area (Å²) in [6.07, 6.45) is -0.504. The van der Waals surface area contributed by atoms with Crippen molar-refractivity contribution in [2.45, 2.75) is 38.7 Å². The fourth-order valence-electron chi connectivity index (χ4n) is 2.38. The summed E-state index contributed by atoms with van der Waals surface area (Å²) in [6, 6.07) is 14.4. The minimum absolute atomic E-state index is 0.0846. The van der Waals surface area contributed by atoms with Crippen LogP contribution in [-0.4, -0.2) is 24.3 Å². The zero-order valence-corrected chi connectivity index (χ0v) is 15.6. The van der Waals surface area contributed by atoms with Gasteiger partial charge in [-0.3, -0.25) is 4.79 Å². The van der Waals surface area contributed by atoms with E-state index in [-0.39, 0.29) is 5.91 Å². The van der Waals surface area contributed by atoms with E-state index in [1.165, 1.54) is 10.5 Å². The van der Waals surface area contributed by atoms with Crippen LogP contribution in [0, 0.1) is 20.8 Å². The van der Waals surface area contributed by atoms with Crippen LogP contribution in [0.5, 0.6) is 5.75 Å². The van der Waals surface area contributed by atoms with E-state index < -0.39 is 6.10 Å². The molecule has 0 heterocycles. The summed E-state index contributed by atoms with van der Waals surface area (Å²) in [5.41, 5.74) is 3.52. The number of hydrogen-bond acceptors (Lipinski definition) is 3. The second kappa shape index (κ2) is 8.78. The van der Waals surface area contributed by atoms with E-state index in [1.54, 1.807) is 18.7 Å². The lowest BCUT2D eigenvalue weighted by Crippen LogP contribution is -2.37. The molecule has 2 aromatic rings. The van der Waals surface area contributed by atoms with Crippen LogP contribution in [0.3, 0.4) is 0 Å². The van der Waals surface area contributed by atoms with Crippen molar-refractivity contribution in [2.75, 3.05) is 12.3 Å². The lowest BCUT2D eigenvalue weighted by molar-refractivity contribution is -0.127. The minimum atomic E-state index is -0.504. The normalized spacial score (nSPS) is 11.8. The predicted molar refractivity (Wildman–Crippen MR) is 101 cm³/mol. The number of benzene rings is 2. The second-order valence-corrected chi connectivity index (χ2v) is 7.20. The largest absolute Gasteiger partial charge is 0.481 e. The Labute approximate surface area is 148 Å². The quantitative estimate of drug-likeness (QED) is 0.602. The van der Waals surface area contributed by atoms with E-state index in [9.17, 15) is 4.79 Å². The predicted octanol–water partition coefficient (Wildman–Crippen LogP) is 4.29. The van der Waals surface area contributed by atoms with E-state index in [1.807, 2.05) is 26.0 Å². The van der Waals surface area contributed by atoms with Crippen LogP contribution in [0.25, 0.3) is 0 Å². The summed E-state index contributed by atoms with van der Waals surface area (Å²) in [5, 5.41) is 2.93. The molecule has 0 aliphatic carbocycles. The van der Waals surface area contributed by atoms with Crippen LogP contribution < -0.4 is 10.1 Å². The van der Waals surface area contributed by atoms with Gasteiger partial charge in [0.2, 0.25) is 0 Å². The molecule has 0 aliphatic rings. The van der Waals surface area contributed by atoms with E-state index >= 15 is 0 Å². The number of aryl methyl sites for hydroxylation is 3. The van der Waals surface area contributed by atoms with Crippen molar-refractivity contribution in [3.63, 3.8) is 0 Å². The first kappa shape index (κ1) is 18.4. The highest BCUT2D eigenvalue weighted by Crippen LogP contribution is 2.18. The smallest absolute Gasteiger partial charge is 0.260 e. The maximum absolute atomic E-state index is 12.1. The Hall–Kier alpha value is -1.94. The van der Waals surface area contributed by atoms with Crippen LogP contribution >= 0.6 is 11.8 Å². The molecular formula is C20H25NO2S. The van der Waals surface area contributed by atoms with Crippen LogP contribution in [0.4, 0.5) is 0 Å². The Morgan fingerprint density at radius 3 is 2.29 bits per heavy atom. The highest BCUT2D eigenvalue weighted by molar-refractivity contribution is 7.99. The Bertz CT molecular complexity index is 662. The Kier molecular flexibility index (Phi) is 6.73. The van der Waals surface area contributed by atoms with Gasteiger partial charge in [-0.25, -0.2) is 0 Å². The lowest BCUT2D eigenvalue weighted by atomic mass is 10.1. The topological polar surface area (TPSA) is 38.3 Å². The fraction of sp³-hybridized carbons (Fsp3) is 0.350. The molecule has 0 aromatic heterocycles. The molecule has 0 bridgehead atoms. The zero-order valence-electron chi connectivity index (χ0n) is 14.8. The van der Waals surface area contributed by atoms with Crippen molar-refractivity contribution in [2.24, 2.45) is 0 Å². The molecule has 0 unspecified atom stereocenters. The van der Waals surface area contributed by atoms with Gasteiger partial charge in [-0.2, -0.15) is 0 Å². The molecule has 1 N–H and O–H groups in total. The van der Waals surface area contributed by atoms with E-state index in [0.29, 0.717) is 6.54 Å². The zero-order chi connectivity index (χ0) is 17.5. The van der Waals surface area contributed by atoms with Crippen molar-refractivity contribution in [1.82, 2.24) is 5.32 Å². The molecule has 0 spiro atoms. The van der Waals surface area contributed by atoms with Gasteiger partial charge in [0, 0.05) is 17.2 Å². The number of hydrogen-bond donors (Lipinski definition) is 1. The number of ether oxygens (including phenoxy) is 1. The van der Waals surface area contributed by atoms with E-state index in [0.717, 1.165) is 22.6 Å². The van der Waals surface area contributed by atoms with Gasteiger partial charge in [0.1, 0.15) is 5.75 Å². The number of thioether (sulfide) groups is 1. The fourth-order valence-corrected chi connectivity index (χ4v) is 3.15. The Morgan fingerprint density at radius 2 is 1.67 bits per heavy atom. The first-order chi connectivity index (χ1) is 11.4. The first-order valence-corrected chi connectivity index (χ1v) is 9.15. The van der Waals surface area contributed by atoms with E-state index in [4.69, 9.17) is 4.74 Å². The Balaban J connectivity index is 1.74. The SMILES string of the molecule is Cc1ccc(SCCNC(=O)[C@H](C)Oc2cc(C)cc(C)c2)cc1. The molecule has 0 aliphatic heterocycles. The van der Waals surface area contributed by atoms with Crippen LogP contribution in [0.2, 0.25) is 0 Å². The number of rotatable bonds is 7. The van der Waals surface area contributed by atoms with Crippen LogP contribution in [0.15, 0.2) is 47.4 Å². The summed E-state index contributed by atoms with van der Waals surface area (Å²) >= 11 is 1.74. The van der Waals surface area contributed by atoms with Gasteiger partial charge in [0.15, 0.2) is 6.10 Å². The highest BCUT2D eigenvalue weighted by atomic mass is 32.2. The van der Waals surface area contributed by atoms with Gasteiger partial charge in [0.05, 0.1) is 0 Å². The standard InChI is InChI=1S/C20H25NO2S/c1-14-5-7-19(8-6-14)24-10-9-21-20(22)17(4)23-18-12-15(2)11-16(3)13-18/h5-8,11-13,17H,9-10H2,1-4H3,(H,21,22)/t17-/m0/s1. The van der Waals surface area contributed by atoms with Gasteiger partial charge < -0.3 is 10.1 Å². The molecule has 128 valence electrons. The van der Waals surface area contributed by atoms with Crippen molar-refractivity contribution in [1.29, 1.82) is 0 Å². The summed E-state index contributed by atoms with van der Waals surface area (Å²) in [7, 11) is 0. The van der Waals surface area contributed by atoms with Crippen molar-refractivity contribution < 1.29 is 9.53 Å². The molecule has 2 aromatic carbocycles. The molecule has 3 nitrogen and oxygen atoms in total. The van der Waals surface area contributed by atoms with Gasteiger partial charge in [-0.1, -0.05) is 23.8 Å². The summed E-state index contributed by atoms with van der Waals surface area (Å²) in [4.78, 5) is 13.3. The molecule has 0 fully saturated rings. The number of amides is 1. The van der Waals surface area contributed by atoms with Crippen molar-refractivity contribution >= 4 is 17.7 Å². The third kappa shape index (κ3) is 5.93. The molecule has 2 rings (SSSR count). The minimum Gasteiger partial charge on any atom is -0.481 e.